The van der Waals surface area contributed by atoms with Gasteiger partial charge in [-0.1, -0.05) is 12.1 Å². The first-order valence-electron chi connectivity index (χ1n) is 4.76. The van der Waals surface area contributed by atoms with Gasteiger partial charge in [0.15, 0.2) is 5.13 Å². The van der Waals surface area contributed by atoms with Crippen LogP contribution in [0.1, 0.15) is 5.56 Å². The van der Waals surface area contributed by atoms with Gasteiger partial charge in [0.2, 0.25) is 0 Å². The number of hydrogen-bond donors (Lipinski definition) is 1. The Kier molecular flexibility index (Phi) is 3.79. The number of thiazole rings is 1. The number of rotatable bonds is 4. The fourth-order valence-corrected chi connectivity index (χ4v) is 2.44. The highest BCUT2D eigenvalue weighted by molar-refractivity contribution is 9.10. The van der Waals surface area contributed by atoms with E-state index in [1.807, 2.05) is 23.6 Å². The minimum absolute atomic E-state index is 0.747. The molecule has 3 nitrogen and oxygen atoms in total. The molecule has 0 fully saturated rings. The van der Waals surface area contributed by atoms with E-state index in [1.165, 1.54) is 5.56 Å². The van der Waals surface area contributed by atoms with Gasteiger partial charge in [-0.05, 0) is 33.6 Å². The van der Waals surface area contributed by atoms with Crippen molar-refractivity contribution >= 4 is 32.4 Å². The normalized spacial score (nSPS) is 10.1. The Labute approximate surface area is 107 Å². The van der Waals surface area contributed by atoms with Crippen molar-refractivity contribution in [3.63, 3.8) is 0 Å². The van der Waals surface area contributed by atoms with E-state index in [4.69, 9.17) is 4.74 Å². The monoisotopic (exact) mass is 298 g/mol. The van der Waals surface area contributed by atoms with E-state index in [0.717, 1.165) is 22.0 Å². The van der Waals surface area contributed by atoms with Crippen molar-refractivity contribution in [1.29, 1.82) is 0 Å². The van der Waals surface area contributed by atoms with Gasteiger partial charge < -0.3 is 10.1 Å². The summed E-state index contributed by atoms with van der Waals surface area (Å²) in [7, 11) is 1.67. The topological polar surface area (TPSA) is 34.1 Å². The minimum atomic E-state index is 0.747. The first-order chi connectivity index (χ1) is 7.78. The number of benzene rings is 1. The molecule has 0 radical (unpaired) electrons. The third kappa shape index (κ3) is 2.96. The summed E-state index contributed by atoms with van der Waals surface area (Å²) in [6.45, 7) is 0.747. The summed E-state index contributed by atoms with van der Waals surface area (Å²) in [5.74, 6) is 0.875. The summed E-state index contributed by atoms with van der Waals surface area (Å²) in [6, 6.07) is 7.98. The molecule has 0 saturated heterocycles. The Morgan fingerprint density at radius 3 is 3.06 bits per heavy atom. The number of nitrogens with zero attached hydrogens (tertiary/aromatic N) is 1. The van der Waals surface area contributed by atoms with Crippen LogP contribution in [0.3, 0.4) is 0 Å². The molecule has 1 heterocycles. The molecular formula is C11H11BrN2OS. The molecule has 0 saturated carbocycles. The molecule has 0 bridgehead atoms. The van der Waals surface area contributed by atoms with E-state index in [0.29, 0.717) is 0 Å². The Balaban J connectivity index is 1.99. The van der Waals surface area contributed by atoms with Crippen molar-refractivity contribution in [2.24, 2.45) is 0 Å². The highest BCUT2D eigenvalue weighted by Crippen LogP contribution is 2.20. The van der Waals surface area contributed by atoms with Gasteiger partial charge in [0, 0.05) is 11.9 Å². The minimum Gasteiger partial charge on any atom is -0.497 e. The number of nitrogens with one attached hydrogen (secondary N) is 1. The summed E-state index contributed by atoms with van der Waals surface area (Å²) >= 11 is 4.90. The smallest absolute Gasteiger partial charge is 0.184 e. The van der Waals surface area contributed by atoms with E-state index >= 15 is 0 Å². The average molecular weight is 299 g/mol. The summed E-state index contributed by atoms with van der Waals surface area (Å²) < 4.78 is 6.03. The number of anilines is 1. The van der Waals surface area contributed by atoms with Gasteiger partial charge in [0.1, 0.15) is 10.4 Å². The number of ether oxygens (including phenoxy) is 1. The zero-order valence-electron chi connectivity index (χ0n) is 8.74. The average Bonchev–Trinajstić information content (AvgIpc) is 2.73. The molecular weight excluding hydrogens is 288 g/mol. The van der Waals surface area contributed by atoms with Crippen molar-refractivity contribution in [3.8, 4) is 5.75 Å². The van der Waals surface area contributed by atoms with E-state index in [2.05, 4.69) is 32.3 Å². The molecule has 0 atom stereocenters. The maximum Gasteiger partial charge on any atom is 0.184 e. The van der Waals surface area contributed by atoms with Crippen LogP contribution in [0, 0.1) is 0 Å². The molecule has 0 aliphatic rings. The van der Waals surface area contributed by atoms with Gasteiger partial charge in [-0.3, -0.25) is 0 Å². The van der Waals surface area contributed by atoms with Crippen LogP contribution in [0.5, 0.6) is 5.75 Å². The van der Waals surface area contributed by atoms with Crippen molar-refractivity contribution in [2.75, 3.05) is 12.4 Å². The first-order valence-corrected chi connectivity index (χ1v) is 6.43. The van der Waals surface area contributed by atoms with Gasteiger partial charge in [0.25, 0.3) is 0 Å². The van der Waals surface area contributed by atoms with Crippen LogP contribution in [0.4, 0.5) is 5.13 Å². The molecule has 0 aliphatic heterocycles. The van der Waals surface area contributed by atoms with E-state index < -0.39 is 0 Å². The largest absolute Gasteiger partial charge is 0.497 e. The number of halogens is 1. The van der Waals surface area contributed by atoms with Crippen LogP contribution >= 0.6 is 27.3 Å². The summed E-state index contributed by atoms with van der Waals surface area (Å²) in [5, 5.41) is 6.12. The Morgan fingerprint density at radius 1 is 1.50 bits per heavy atom. The zero-order valence-corrected chi connectivity index (χ0v) is 11.1. The maximum absolute atomic E-state index is 5.16. The molecule has 2 aromatic rings. The second-order valence-electron chi connectivity index (χ2n) is 3.18. The van der Waals surface area contributed by atoms with Gasteiger partial charge in [-0.15, -0.1) is 11.3 Å². The fourth-order valence-electron chi connectivity index (χ4n) is 1.30. The molecule has 0 unspecified atom stereocenters. The van der Waals surface area contributed by atoms with Crippen LogP contribution < -0.4 is 10.1 Å². The van der Waals surface area contributed by atoms with E-state index in [1.54, 1.807) is 18.4 Å². The Bertz CT molecular complexity index is 473. The van der Waals surface area contributed by atoms with Crippen molar-refractivity contribution in [1.82, 2.24) is 4.98 Å². The van der Waals surface area contributed by atoms with Gasteiger partial charge >= 0.3 is 0 Å². The van der Waals surface area contributed by atoms with Gasteiger partial charge in [-0.25, -0.2) is 4.98 Å². The van der Waals surface area contributed by atoms with Crippen molar-refractivity contribution < 1.29 is 4.74 Å². The summed E-state index contributed by atoms with van der Waals surface area (Å²) in [4.78, 5) is 4.26. The van der Waals surface area contributed by atoms with Crippen molar-refractivity contribution in [3.05, 3.63) is 39.8 Å². The summed E-state index contributed by atoms with van der Waals surface area (Å²) in [5.41, 5.74) is 1.17. The highest BCUT2D eigenvalue weighted by Gasteiger charge is 1.99. The third-order valence-electron chi connectivity index (χ3n) is 2.05. The van der Waals surface area contributed by atoms with Crippen LogP contribution in [-0.2, 0) is 6.54 Å². The molecule has 5 heteroatoms. The van der Waals surface area contributed by atoms with Crippen LogP contribution in [0.25, 0.3) is 0 Å². The SMILES string of the molecule is COc1cccc(CNc2nc(Br)cs2)c1. The lowest BCUT2D eigenvalue weighted by Gasteiger charge is -2.05. The molecule has 1 N–H and O–H groups in total. The lowest BCUT2D eigenvalue weighted by Crippen LogP contribution is -1.98. The van der Waals surface area contributed by atoms with Gasteiger partial charge in [0.05, 0.1) is 7.11 Å². The fraction of sp³-hybridized carbons (Fsp3) is 0.182. The first kappa shape index (κ1) is 11.4. The molecule has 1 aromatic heterocycles. The van der Waals surface area contributed by atoms with Crippen molar-refractivity contribution in [2.45, 2.75) is 6.54 Å². The Hall–Kier alpha value is -1.07. The van der Waals surface area contributed by atoms with Crippen LogP contribution in [0.15, 0.2) is 34.2 Å². The summed E-state index contributed by atoms with van der Waals surface area (Å²) in [6.07, 6.45) is 0. The quantitative estimate of drug-likeness (QED) is 0.938. The molecule has 1 aromatic carbocycles. The number of methoxy groups -OCH3 is 1. The predicted molar refractivity (Wildman–Crippen MR) is 70.1 cm³/mol. The second-order valence-corrected chi connectivity index (χ2v) is 4.85. The second kappa shape index (κ2) is 5.32. The standard InChI is InChI=1S/C11H11BrN2OS/c1-15-9-4-2-3-8(5-9)6-13-11-14-10(12)7-16-11/h2-5,7H,6H2,1H3,(H,13,14). The number of aromatic nitrogens is 1. The molecule has 0 aliphatic carbocycles. The lowest BCUT2D eigenvalue weighted by molar-refractivity contribution is 0.414. The zero-order chi connectivity index (χ0) is 11.4. The lowest BCUT2D eigenvalue weighted by atomic mass is 10.2. The Morgan fingerprint density at radius 2 is 2.38 bits per heavy atom. The van der Waals surface area contributed by atoms with E-state index in [9.17, 15) is 0 Å². The third-order valence-corrected chi connectivity index (χ3v) is 3.56. The highest BCUT2D eigenvalue weighted by atomic mass is 79.9. The molecule has 2 rings (SSSR count). The number of hydrogen-bond acceptors (Lipinski definition) is 4. The van der Waals surface area contributed by atoms with Crippen LogP contribution in [-0.4, -0.2) is 12.1 Å². The van der Waals surface area contributed by atoms with Crippen LogP contribution in [0.2, 0.25) is 0 Å². The molecule has 84 valence electrons. The molecule has 16 heavy (non-hydrogen) atoms. The predicted octanol–water partition coefficient (Wildman–Crippen LogP) is 3.53. The van der Waals surface area contributed by atoms with Gasteiger partial charge in [-0.2, -0.15) is 0 Å². The molecule has 0 spiro atoms. The van der Waals surface area contributed by atoms with E-state index in [-0.39, 0.29) is 0 Å². The maximum atomic E-state index is 5.16. The molecule has 0 amide bonds.